The smallest absolute Gasteiger partial charge is 0.0591 e. The first-order valence-electron chi connectivity index (χ1n) is 6.15. The van der Waals surface area contributed by atoms with E-state index in [0.29, 0.717) is 6.04 Å². The van der Waals surface area contributed by atoms with Crippen molar-refractivity contribution in [1.82, 2.24) is 5.32 Å². The van der Waals surface area contributed by atoms with Crippen molar-refractivity contribution in [1.29, 1.82) is 0 Å². The van der Waals surface area contributed by atoms with E-state index in [1.54, 1.807) is 14.2 Å². The summed E-state index contributed by atoms with van der Waals surface area (Å²) in [5, 5.41) is 3.49. The molecule has 0 atom stereocenters. The van der Waals surface area contributed by atoms with E-state index in [-0.39, 0.29) is 0 Å². The van der Waals surface area contributed by atoms with Gasteiger partial charge in [0.05, 0.1) is 6.61 Å². The molecule has 0 aromatic carbocycles. The average molecular weight is 231 g/mol. The number of rotatable bonds is 10. The molecule has 96 valence electrons. The Hall–Kier alpha value is -0.160. The zero-order valence-electron chi connectivity index (χ0n) is 10.5. The van der Waals surface area contributed by atoms with Gasteiger partial charge >= 0.3 is 0 Å². The molecule has 0 amide bonds. The maximum atomic E-state index is 5.46. The topological polar surface area (TPSA) is 39.7 Å². The van der Waals surface area contributed by atoms with Crippen LogP contribution in [0.2, 0.25) is 0 Å². The molecule has 0 radical (unpaired) electrons. The van der Waals surface area contributed by atoms with Gasteiger partial charge in [-0.2, -0.15) is 0 Å². The van der Waals surface area contributed by atoms with Crippen LogP contribution >= 0.6 is 0 Å². The monoisotopic (exact) mass is 231 g/mol. The molecule has 1 aliphatic carbocycles. The molecule has 1 rings (SSSR count). The third-order valence-corrected chi connectivity index (χ3v) is 2.95. The van der Waals surface area contributed by atoms with Gasteiger partial charge in [0.2, 0.25) is 0 Å². The summed E-state index contributed by atoms with van der Waals surface area (Å²) >= 11 is 0. The minimum Gasteiger partial charge on any atom is -0.385 e. The molecule has 0 aromatic rings. The van der Waals surface area contributed by atoms with Gasteiger partial charge in [-0.25, -0.2) is 0 Å². The molecule has 1 aliphatic rings. The minimum atomic E-state index is 0.683. The summed E-state index contributed by atoms with van der Waals surface area (Å²) in [6.45, 7) is 4.25. The highest BCUT2D eigenvalue weighted by molar-refractivity contribution is 4.84. The summed E-state index contributed by atoms with van der Waals surface area (Å²) < 4.78 is 15.5. The van der Waals surface area contributed by atoms with Crippen LogP contribution in [-0.4, -0.2) is 53.2 Å². The summed E-state index contributed by atoms with van der Waals surface area (Å²) in [6.07, 6.45) is 3.48. The normalized spacial score (nSPS) is 24.4. The molecule has 0 spiro atoms. The van der Waals surface area contributed by atoms with Gasteiger partial charge in [0.25, 0.3) is 0 Å². The Morgan fingerprint density at radius 1 is 1.06 bits per heavy atom. The first-order chi connectivity index (χ1) is 7.86. The number of methoxy groups -OCH3 is 2. The van der Waals surface area contributed by atoms with Crippen molar-refractivity contribution in [3.8, 4) is 0 Å². The summed E-state index contributed by atoms with van der Waals surface area (Å²) in [4.78, 5) is 0. The Morgan fingerprint density at radius 2 is 1.88 bits per heavy atom. The van der Waals surface area contributed by atoms with Crippen LogP contribution in [0.25, 0.3) is 0 Å². The Balaban J connectivity index is 1.76. The molecule has 0 bridgehead atoms. The van der Waals surface area contributed by atoms with Gasteiger partial charge in [-0.1, -0.05) is 0 Å². The van der Waals surface area contributed by atoms with E-state index in [0.717, 1.165) is 45.3 Å². The Labute approximate surface area is 98.6 Å². The van der Waals surface area contributed by atoms with Crippen molar-refractivity contribution in [3.63, 3.8) is 0 Å². The lowest BCUT2D eigenvalue weighted by atomic mass is 9.81. The molecule has 1 fully saturated rings. The van der Waals surface area contributed by atoms with Gasteiger partial charge in [0.15, 0.2) is 0 Å². The molecule has 0 heterocycles. The van der Waals surface area contributed by atoms with E-state index in [9.17, 15) is 0 Å². The minimum absolute atomic E-state index is 0.683. The van der Waals surface area contributed by atoms with Crippen LogP contribution in [0.4, 0.5) is 0 Å². The zero-order chi connectivity index (χ0) is 11.6. The van der Waals surface area contributed by atoms with Crippen LogP contribution < -0.4 is 5.32 Å². The molecular formula is C12H25NO3. The third kappa shape index (κ3) is 5.80. The molecule has 1 saturated carbocycles. The van der Waals surface area contributed by atoms with Crippen LogP contribution in [0.3, 0.4) is 0 Å². The predicted octanol–water partition coefficient (Wildman–Crippen LogP) is 1.05. The van der Waals surface area contributed by atoms with Crippen LogP contribution in [0.5, 0.6) is 0 Å². The highest BCUT2D eigenvalue weighted by Gasteiger charge is 2.27. The van der Waals surface area contributed by atoms with E-state index in [2.05, 4.69) is 5.32 Å². The molecule has 4 heteroatoms. The van der Waals surface area contributed by atoms with Gasteiger partial charge in [-0.05, 0) is 25.2 Å². The van der Waals surface area contributed by atoms with E-state index in [4.69, 9.17) is 14.2 Å². The standard InChI is InChI=1S/C12H25NO3/c1-14-5-3-6-16-7-4-13-12-8-11(9-12)10-15-2/h11-13H,3-10H2,1-2H3. The fourth-order valence-electron chi connectivity index (χ4n) is 2.02. The van der Waals surface area contributed by atoms with Gasteiger partial charge in [-0.3, -0.25) is 0 Å². The highest BCUT2D eigenvalue weighted by atomic mass is 16.5. The Bertz CT molecular complexity index is 160. The first-order valence-corrected chi connectivity index (χ1v) is 6.15. The van der Waals surface area contributed by atoms with E-state index in [1.807, 2.05) is 0 Å². The van der Waals surface area contributed by atoms with Crippen LogP contribution in [0, 0.1) is 5.92 Å². The van der Waals surface area contributed by atoms with Crippen molar-refractivity contribution in [2.24, 2.45) is 5.92 Å². The van der Waals surface area contributed by atoms with Crippen molar-refractivity contribution >= 4 is 0 Å². The molecule has 4 nitrogen and oxygen atoms in total. The number of hydrogen-bond donors (Lipinski definition) is 1. The highest BCUT2D eigenvalue weighted by Crippen LogP contribution is 2.26. The molecule has 0 unspecified atom stereocenters. The maximum absolute atomic E-state index is 5.46. The lowest BCUT2D eigenvalue weighted by Crippen LogP contribution is -2.43. The largest absolute Gasteiger partial charge is 0.385 e. The summed E-state index contributed by atoms with van der Waals surface area (Å²) in [7, 11) is 3.49. The van der Waals surface area contributed by atoms with Crippen LogP contribution in [0.1, 0.15) is 19.3 Å². The second-order valence-corrected chi connectivity index (χ2v) is 4.40. The van der Waals surface area contributed by atoms with Crippen molar-refractivity contribution in [2.45, 2.75) is 25.3 Å². The third-order valence-electron chi connectivity index (χ3n) is 2.95. The maximum Gasteiger partial charge on any atom is 0.0591 e. The number of ether oxygens (including phenoxy) is 3. The van der Waals surface area contributed by atoms with E-state index in [1.165, 1.54) is 12.8 Å². The molecular weight excluding hydrogens is 206 g/mol. The van der Waals surface area contributed by atoms with Crippen molar-refractivity contribution < 1.29 is 14.2 Å². The molecule has 16 heavy (non-hydrogen) atoms. The SMILES string of the molecule is COCCCOCCNC1CC(COC)C1. The second-order valence-electron chi connectivity index (χ2n) is 4.40. The van der Waals surface area contributed by atoms with Gasteiger partial charge < -0.3 is 19.5 Å². The molecule has 0 aromatic heterocycles. The fourth-order valence-corrected chi connectivity index (χ4v) is 2.02. The predicted molar refractivity (Wildman–Crippen MR) is 63.7 cm³/mol. The molecule has 1 N–H and O–H groups in total. The van der Waals surface area contributed by atoms with Crippen LogP contribution in [0.15, 0.2) is 0 Å². The summed E-state index contributed by atoms with van der Waals surface area (Å²) in [5.41, 5.74) is 0. The number of nitrogens with one attached hydrogen (secondary N) is 1. The summed E-state index contributed by atoms with van der Waals surface area (Å²) in [5.74, 6) is 0.769. The van der Waals surface area contributed by atoms with Crippen molar-refractivity contribution in [2.75, 3.05) is 47.2 Å². The zero-order valence-corrected chi connectivity index (χ0v) is 10.5. The van der Waals surface area contributed by atoms with E-state index >= 15 is 0 Å². The van der Waals surface area contributed by atoms with Crippen molar-refractivity contribution in [3.05, 3.63) is 0 Å². The average Bonchev–Trinajstić information content (AvgIpc) is 2.24. The summed E-state index contributed by atoms with van der Waals surface area (Å²) in [6, 6.07) is 0.683. The lowest BCUT2D eigenvalue weighted by molar-refractivity contribution is 0.0767. The molecule has 0 aliphatic heterocycles. The van der Waals surface area contributed by atoms with Gasteiger partial charge in [-0.15, -0.1) is 0 Å². The van der Waals surface area contributed by atoms with Gasteiger partial charge in [0.1, 0.15) is 0 Å². The van der Waals surface area contributed by atoms with Crippen LogP contribution in [-0.2, 0) is 14.2 Å². The Morgan fingerprint density at radius 3 is 2.56 bits per heavy atom. The number of hydrogen-bond acceptors (Lipinski definition) is 4. The molecule has 0 saturated heterocycles. The lowest BCUT2D eigenvalue weighted by Gasteiger charge is -2.35. The first kappa shape index (κ1) is 13.9. The Kier molecular flexibility index (Phi) is 7.76. The fraction of sp³-hybridized carbons (Fsp3) is 1.00. The van der Waals surface area contributed by atoms with Gasteiger partial charge in [0, 0.05) is 46.6 Å². The van der Waals surface area contributed by atoms with E-state index < -0.39 is 0 Å². The second kappa shape index (κ2) is 8.93. The quantitative estimate of drug-likeness (QED) is 0.571.